The van der Waals surface area contributed by atoms with Crippen LogP contribution in [0.5, 0.6) is 5.75 Å². The molecule has 208 valence electrons. The van der Waals surface area contributed by atoms with E-state index in [4.69, 9.17) is 9.72 Å². The molecule has 5 aromatic rings. The third-order valence-corrected chi connectivity index (χ3v) is 7.25. The molecule has 0 amide bonds. The van der Waals surface area contributed by atoms with Gasteiger partial charge in [0.25, 0.3) is 11.2 Å². The molecular weight excluding hydrogens is 586 g/mol. The second kappa shape index (κ2) is 11.9. The Balaban J connectivity index is 1.39. The summed E-state index contributed by atoms with van der Waals surface area (Å²) in [4.78, 5) is 28.6. The Hall–Kier alpha value is -4.57. The minimum atomic E-state index is -0.417. The maximum Gasteiger partial charge on any atom is 0.282 e. The molecule has 2 heterocycles. The lowest BCUT2D eigenvalue weighted by Crippen LogP contribution is -2.22. The number of benzene rings is 3. The van der Waals surface area contributed by atoms with Gasteiger partial charge >= 0.3 is 0 Å². The number of hydrogen-bond donors (Lipinski definition) is 0. The molecule has 0 bridgehead atoms. The predicted molar refractivity (Wildman–Crippen MR) is 163 cm³/mol. The van der Waals surface area contributed by atoms with Crippen molar-refractivity contribution in [3.05, 3.63) is 126 Å². The van der Waals surface area contributed by atoms with Crippen LogP contribution in [-0.2, 0) is 13.0 Å². The lowest BCUT2D eigenvalue weighted by atomic mass is 10.2. The van der Waals surface area contributed by atoms with Crippen molar-refractivity contribution >= 4 is 38.7 Å². The van der Waals surface area contributed by atoms with Gasteiger partial charge in [-0.15, -0.1) is 0 Å². The first-order chi connectivity index (χ1) is 19.7. The smallest absolute Gasteiger partial charge is 0.282 e. The molecular formula is C31H28BrN5O4. The maximum absolute atomic E-state index is 13.3. The summed E-state index contributed by atoms with van der Waals surface area (Å²) in [5.74, 6) is 1.28. The van der Waals surface area contributed by atoms with Crippen LogP contribution >= 0.6 is 15.9 Å². The molecule has 0 radical (unpaired) electrons. The van der Waals surface area contributed by atoms with Crippen molar-refractivity contribution in [1.82, 2.24) is 14.2 Å². The quantitative estimate of drug-likeness (QED) is 0.102. The van der Waals surface area contributed by atoms with Gasteiger partial charge in [0.15, 0.2) is 0 Å². The van der Waals surface area contributed by atoms with Crippen LogP contribution in [-0.4, -0.2) is 25.4 Å². The summed E-state index contributed by atoms with van der Waals surface area (Å²) in [7, 11) is 0. The van der Waals surface area contributed by atoms with E-state index in [1.807, 2.05) is 63.2 Å². The first-order valence-electron chi connectivity index (χ1n) is 13.2. The van der Waals surface area contributed by atoms with E-state index in [1.165, 1.54) is 16.8 Å². The zero-order chi connectivity index (χ0) is 29.1. The molecule has 3 aromatic carbocycles. The molecule has 41 heavy (non-hydrogen) atoms. The fourth-order valence-corrected chi connectivity index (χ4v) is 5.11. The van der Waals surface area contributed by atoms with Crippen molar-refractivity contribution in [3.63, 3.8) is 0 Å². The molecule has 5 rings (SSSR count). The molecule has 0 N–H and O–H groups in total. The number of hydrogen-bond acceptors (Lipinski definition) is 6. The Morgan fingerprint density at radius 1 is 1.07 bits per heavy atom. The number of halogens is 1. The first-order valence-corrected chi connectivity index (χ1v) is 14.0. The monoisotopic (exact) mass is 613 g/mol. The van der Waals surface area contributed by atoms with Gasteiger partial charge in [-0.1, -0.05) is 35.0 Å². The lowest BCUT2D eigenvalue weighted by molar-refractivity contribution is -0.384. The Morgan fingerprint density at radius 2 is 1.85 bits per heavy atom. The highest BCUT2D eigenvalue weighted by atomic mass is 79.9. The van der Waals surface area contributed by atoms with Gasteiger partial charge in [0, 0.05) is 45.7 Å². The zero-order valence-electron chi connectivity index (χ0n) is 22.9. The van der Waals surface area contributed by atoms with E-state index in [2.05, 4.69) is 25.6 Å². The Morgan fingerprint density at radius 3 is 2.59 bits per heavy atom. The van der Waals surface area contributed by atoms with Gasteiger partial charge in [-0.25, -0.2) is 4.98 Å². The van der Waals surface area contributed by atoms with Crippen molar-refractivity contribution in [3.8, 4) is 11.4 Å². The van der Waals surface area contributed by atoms with Gasteiger partial charge in [-0.3, -0.25) is 14.9 Å². The lowest BCUT2D eigenvalue weighted by Gasteiger charge is -2.12. The average Bonchev–Trinajstić information content (AvgIpc) is 3.25. The number of fused-ring (bicyclic) bond motifs is 1. The fraction of sp³-hybridized carbons (Fsp3) is 0.194. The van der Waals surface area contributed by atoms with Crippen LogP contribution in [0.1, 0.15) is 41.7 Å². The molecule has 0 atom stereocenters. The highest BCUT2D eigenvalue weighted by molar-refractivity contribution is 9.10. The number of nitro benzene ring substituents is 1. The van der Waals surface area contributed by atoms with Crippen molar-refractivity contribution in [1.29, 1.82) is 0 Å². The van der Waals surface area contributed by atoms with Crippen LogP contribution in [0.2, 0.25) is 0 Å². The summed E-state index contributed by atoms with van der Waals surface area (Å²) in [6.07, 6.45) is 3.18. The zero-order valence-corrected chi connectivity index (χ0v) is 24.5. The second-order valence-electron chi connectivity index (χ2n) is 9.67. The number of aryl methyl sites for hydroxylation is 2. The summed E-state index contributed by atoms with van der Waals surface area (Å²) in [6.45, 7) is 6.29. The number of nitrogens with zero attached hydrogens (tertiary/aromatic N) is 5. The first kappa shape index (κ1) is 28.0. The summed E-state index contributed by atoms with van der Waals surface area (Å²) in [5, 5.41) is 16.1. The standard InChI is InChI=1S/C31H28BrN5O4/c1-4-6-30-34-29-14-9-24(32)17-28(29)31(38)36(30)33-18-23-15-20(2)35(21(23)3)25-10-12-27(13-11-25)41-19-22-7-5-8-26(16-22)37(39)40/h5,7-18H,4,6,19H2,1-3H3. The summed E-state index contributed by atoms with van der Waals surface area (Å²) in [5.41, 5.74) is 5.03. The molecule has 0 fully saturated rings. The Kier molecular flexibility index (Phi) is 8.11. The van der Waals surface area contributed by atoms with Gasteiger partial charge in [-0.05, 0) is 74.4 Å². The second-order valence-corrected chi connectivity index (χ2v) is 10.6. The highest BCUT2D eigenvalue weighted by Gasteiger charge is 2.13. The minimum absolute atomic E-state index is 0.0377. The molecule has 0 saturated heterocycles. The molecule has 10 heteroatoms. The van der Waals surface area contributed by atoms with Gasteiger partial charge in [0.2, 0.25) is 0 Å². The number of rotatable bonds is 9. The van der Waals surface area contributed by atoms with E-state index >= 15 is 0 Å². The average molecular weight is 615 g/mol. The van der Waals surface area contributed by atoms with Crippen molar-refractivity contribution in [2.24, 2.45) is 5.10 Å². The Labute approximate surface area is 245 Å². The maximum atomic E-state index is 13.3. The van der Waals surface area contributed by atoms with Crippen LogP contribution in [0.3, 0.4) is 0 Å². The van der Waals surface area contributed by atoms with Gasteiger partial charge in [0.05, 0.1) is 22.0 Å². The van der Waals surface area contributed by atoms with E-state index in [0.29, 0.717) is 28.9 Å². The largest absolute Gasteiger partial charge is 0.489 e. The topological polar surface area (TPSA) is 105 Å². The number of nitro groups is 1. The third kappa shape index (κ3) is 5.97. The van der Waals surface area contributed by atoms with Gasteiger partial charge < -0.3 is 9.30 Å². The van der Waals surface area contributed by atoms with Crippen LogP contribution < -0.4 is 10.3 Å². The van der Waals surface area contributed by atoms with Crippen LogP contribution in [0, 0.1) is 24.0 Å². The molecule has 9 nitrogen and oxygen atoms in total. The molecule has 0 unspecified atom stereocenters. The van der Waals surface area contributed by atoms with Crippen LogP contribution in [0.4, 0.5) is 5.69 Å². The fourth-order valence-electron chi connectivity index (χ4n) is 4.75. The van der Waals surface area contributed by atoms with Crippen molar-refractivity contribution in [2.75, 3.05) is 0 Å². The highest BCUT2D eigenvalue weighted by Crippen LogP contribution is 2.23. The van der Waals surface area contributed by atoms with Crippen molar-refractivity contribution < 1.29 is 9.66 Å². The number of ether oxygens (including phenoxy) is 1. The van der Waals surface area contributed by atoms with Crippen LogP contribution in [0.15, 0.2) is 87.2 Å². The SMILES string of the molecule is CCCc1nc2ccc(Br)cc2c(=O)n1N=Cc1cc(C)n(-c2ccc(OCc3cccc([N+](=O)[O-])c3)cc2)c1C. The molecule has 0 aliphatic rings. The summed E-state index contributed by atoms with van der Waals surface area (Å²) < 4.78 is 10.2. The van der Waals surface area contributed by atoms with E-state index in [9.17, 15) is 14.9 Å². The van der Waals surface area contributed by atoms with Crippen molar-refractivity contribution in [2.45, 2.75) is 40.2 Å². The molecule has 0 aliphatic carbocycles. The Bertz CT molecular complexity index is 1840. The minimum Gasteiger partial charge on any atom is -0.489 e. The van der Waals surface area contributed by atoms with E-state index in [0.717, 1.165) is 39.1 Å². The number of non-ortho nitro benzene ring substituents is 1. The summed E-state index contributed by atoms with van der Waals surface area (Å²) in [6, 6.07) is 21.6. The van der Waals surface area contributed by atoms with Crippen LogP contribution in [0.25, 0.3) is 16.6 Å². The third-order valence-electron chi connectivity index (χ3n) is 6.75. The summed E-state index contributed by atoms with van der Waals surface area (Å²) >= 11 is 3.44. The molecule has 0 spiro atoms. The number of aromatic nitrogens is 3. The van der Waals surface area contributed by atoms with E-state index < -0.39 is 4.92 Å². The van der Waals surface area contributed by atoms with E-state index in [1.54, 1.807) is 24.4 Å². The van der Waals surface area contributed by atoms with Gasteiger partial charge in [-0.2, -0.15) is 9.78 Å². The normalized spacial score (nSPS) is 11.4. The molecule has 0 saturated carbocycles. The predicted octanol–water partition coefficient (Wildman–Crippen LogP) is 6.89. The molecule has 2 aromatic heterocycles. The molecule has 0 aliphatic heterocycles. The van der Waals surface area contributed by atoms with E-state index in [-0.39, 0.29) is 17.9 Å². The van der Waals surface area contributed by atoms with Gasteiger partial charge in [0.1, 0.15) is 18.2 Å².